The number of likely N-dealkylation sites (tertiary alicyclic amines) is 1. The Morgan fingerprint density at radius 1 is 1.17 bits per heavy atom. The third-order valence-corrected chi connectivity index (χ3v) is 7.19. The molecule has 10 nitrogen and oxygen atoms in total. The molecule has 4 aromatic heterocycles. The van der Waals surface area contributed by atoms with E-state index in [1.807, 2.05) is 17.2 Å². The molecule has 1 saturated heterocycles. The number of hydrogen-bond donors (Lipinski definition) is 1. The first kappa shape index (κ1) is 21.8. The quantitative estimate of drug-likeness (QED) is 0.467. The zero-order valence-electron chi connectivity index (χ0n) is 19.4. The number of nitrogens with zero attached hydrogens (tertiary/aromatic N) is 8. The molecule has 5 heterocycles. The fourth-order valence-corrected chi connectivity index (χ4v) is 5.53. The molecule has 1 amide bonds. The molecule has 2 fully saturated rings. The Morgan fingerprint density at radius 3 is 2.66 bits per heavy atom. The van der Waals surface area contributed by atoms with Crippen LogP contribution < -0.4 is 5.32 Å². The van der Waals surface area contributed by atoms with Crippen LogP contribution in [-0.2, 0) is 11.3 Å². The number of imidazole rings is 1. The average Bonchev–Trinajstić information content (AvgIpc) is 3.55. The number of rotatable bonds is 5. The van der Waals surface area contributed by atoms with Gasteiger partial charge >= 0.3 is 0 Å². The Hall–Kier alpha value is -3.70. The van der Waals surface area contributed by atoms with E-state index in [2.05, 4.69) is 30.4 Å². The first-order chi connectivity index (χ1) is 16.9. The maximum atomic E-state index is 13.0. The Labute approximate surface area is 199 Å². The van der Waals surface area contributed by atoms with Crippen LogP contribution in [0.2, 0.25) is 0 Å². The first-order valence-corrected chi connectivity index (χ1v) is 11.7. The van der Waals surface area contributed by atoms with Crippen molar-refractivity contribution in [3.63, 3.8) is 0 Å². The van der Waals surface area contributed by atoms with E-state index in [0.29, 0.717) is 40.6 Å². The van der Waals surface area contributed by atoms with Crippen molar-refractivity contribution < 1.29 is 13.6 Å². The van der Waals surface area contributed by atoms with Gasteiger partial charge in [0.15, 0.2) is 11.3 Å². The summed E-state index contributed by atoms with van der Waals surface area (Å²) in [6.45, 7) is 4.48. The highest BCUT2D eigenvalue weighted by molar-refractivity contribution is 5.80. The summed E-state index contributed by atoms with van der Waals surface area (Å²) in [5, 5.41) is 8.06. The molecule has 6 rings (SSSR count). The van der Waals surface area contributed by atoms with E-state index in [1.165, 1.54) is 4.57 Å². The zero-order valence-corrected chi connectivity index (χ0v) is 19.4. The van der Waals surface area contributed by atoms with Crippen molar-refractivity contribution in [3.05, 3.63) is 30.5 Å². The molecule has 1 aliphatic heterocycles. The molecule has 0 spiro atoms. The molecule has 4 aromatic rings. The summed E-state index contributed by atoms with van der Waals surface area (Å²) in [6, 6.07) is 2.14. The molecule has 0 bridgehead atoms. The van der Waals surface area contributed by atoms with Crippen molar-refractivity contribution in [1.82, 2.24) is 39.0 Å². The summed E-state index contributed by atoms with van der Waals surface area (Å²) in [4.78, 5) is 31.3. The van der Waals surface area contributed by atoms with Crippen LogP contribution >= 0.6 is 0 Å². The molecule has 182 valence electrons. The number of halogens is 2. The second-order valence-corrected chi connectivity index (χ2v) is 9.46. The highest BCUT2D eigenvalue weighted by atomic mass is 19.3. The van der Waals surface area contributed by atoms with Crippen LogP contribution in [0.4, 0.5) is 14.7 Å². The van der Waals surface area contributed by atoms with E-state index in [0.717, 1.165) is 37.0 Å². The van der Waals surface area contributed by atoms with E-state index < -0.39 is 13.0 Å². The van der Waals surface area contributed by atoms with Gasteiger partial charge in [0.1, 0.15) is 5.82 Å². The van der Waals surface area contributed by atoms with Gasteiger partial charge in [-0.05, 0) is 37.7 Å². The standard InChI is InChI=1S/C23H25F2N9O/c1-12-28-21-22(33(12)11-20(24)25)30-18(7-26-21)17-3-4-34-19(17)8-27-23(31-34)29-16-5-14-9-32(13(2)35)10-15(14)6-16/h3-4,7-8,14-16,20H,5-6,9-11H2,1-2H3,(H,29,31)/t14-,15+,16?. The number of alkyl halides is 2. The highest BCUT2D eigenvalue weighted by Crippen LogP contribution is 2.39. The number of nitrogens with one attached hydrogen (secondary N) is 1. The van der Waals surface area contributed by atoms with Crippen molar-refractivity contribution >= 4 is 28.7 Å². The highest BCUT2D eigenvalue weighted by Gasteiger charge is 2.41. The van der Waals surface area contributed by atoms with Gasteiger partial charge in [-0.3, -0.25) is 4.79 Å². The summed E-state index contributed by atoms with van der Waals surface area (Å²) >= 11 is 0. The third kappa shape index (κ3) is 3.86. The molecule has 12 heteroatoms. The molecule has 1 unspecified atom stereocenters. The fraction of sp³-hybridized carbons (Fsp3) is 0.478. The van der Waals surface area contributed by atoms with Gasteiger partial charge in [-0.1, -0.05) is 0 Å². The first-order valence-electron chi connectivity index (χ1n) is 11.7. The minimum absolute atomic E-state index is 0.151. The van der Waals surface area contributed by atoms with Crippen LogP contribution in [0.5, 0.6) is 0 Å². The normalized spacial score (nSPS) is 22.0. The predicted octanol–water partition coefficient (Wildman–Crippen LogP) is 2.78. The van der Waals surface area contributed by atoms with E-state index >= 15 is 0 Å². The lowest BCUT2D eigenvalue weighted by atomic mass is 10.0. The number of hydrogen-bond acceptors (Lipinski definition) is 7. The van der Waals surface area contributed by atoms with Crippen molar-refractivity contribution in [2.45, 2.75) is 45.7 Å². The van der Waals surface area contributed by atoms with Crippen molar-refractivity contribution in [1.29, 1.82) is 0 Å². The molecular weight excluding hydrogens is 456 g/mol. The molecule has 0 radical (unpaired) electrons. The van der Waals surface area contributed by atoms with Crippen molar-refractivity contribution in [2.24, 2.45) is 11.8 Å². The monoisotopic (exact) mass is 481 g/mol. The van der Waals surface area contributed by atoms with Gasteiger partial charge in [-0.25, -0.2) is 33.2 Å². The largest absolute Gasteiger partial charge is 0.350 e. The van der Waals surface area contributed by atoms with Gasteiger partial charge in [-0.2, -0.15) is 0 Å². The summed E-state index contributed by atoms with van der Waals surface area (Å²) in [6.07, 6.45) is 4.61. The number of carbonyl (C=O) groups is 1. The minimum atomic E-state index is -2.52. The predicted molar refractivity (Wildman–Crippen MR) is 124 cm³/mol. The van der Waals surface area contributed by atoms with Gasteiger partial charge < -0.3 is 14.8 Å². The number of fused-ring (bicyclic) bond motifs is 3. The fourth-order valence-electron chi connectivity index (χ4n) is 5.53. The second kappa shape index (κ2) is 8.21. The molecule has 3 atom stereocenters. The summed E-state index contributed by atoms with van der Waals surface area (Å²) in [7, 11) is 0. The number of amides is 1. The Kier molecular flexibility index (Phi) is 5.11. The van der Waals surface area contributed by atoms with Gasteiger partial charge in [0.2, 0.25) is 11.9 Å². The number of aryl methyl sites for hydroxylation is 1. The van der Waals surface area contributed by atoms with Gasteiger partial charge in [0, 0.05) is 37.8 Å². The molecule has 1 N–H and O–H groups in total. The summed E-state index contributed by atoms with van der Waals surface area (Å²) in [5.74, 6) is 2.19. The summed E-state index contributed by atoms with van der Waals surface area (Å²) < 4.78 is 29.2. The average molecular weight is 482 g/mol. The van der Waals surface area contributed by atoms with Gasteiger partial charge in [-0.15, -0.1) is 5.10 Å². The smallest absolute Gasteiger partial charge is 0.256 e. The lowest BCUT2D eigenvalue weighted by molar-refractivity contribution is -0.128. The summed E-state index contributed by atoms with van der Waals surface area (Å²) in [5.41, 5.74) is 2.70. The maximum Gasteiger partial charge on any atom is 0.256 e. The molecule has 0 aromatic carbocycles. The van der Waals surface area contributed by atoms with Crippen LogP contribution in [0.15, 0.2) is 24.7 Å². The van der Waals surface area contributed by atoms with Crippen LogP contribution in [0.3, 0.4) is 0 Å². The third-order valence-electron chi connectivity index (χ3n) is 7.19. The lowest BCUT2D eigenvalue weighted by Gasteiger charge is -2.18. The van der Waals surface area contributed by atoms with Gasteiger partial charge in [0.05, 0.1) is 30.1 Å². The van der Waals surface area contributed by atoms with Crippen LogP contribution in [-0.4, -0.2) is 70.5 Å². The molecule has 2 aliphatic rings. The van der Waals surface area contributed by atoms with Crippen molar-refractivity contribution in [2.75, 3.05) is 18.4 Å². The van der Waals surface area contributed by atoms with Crippen LogP contribution in [0.25, 0.3) is 28.1 Å². The van der Waals surface area contributed by atoms with E-state index in [1.54, 1.807) is 30.8 Å². The molecule has 1 aliphatic carbocycles. The lowest BCUT2D eigenvalue weighted by Crippen LogP contribution is -2.29. The van der Waals surface area contributed by atoms with E-state index in [4.69, 9.17) is 0 Å². The van der Waals surface area contributed by atoms with Crippen molar-refractivity contribution in [3.8, 4) is 11.3 Å². The number of aromatic nitrogens is 7. The van der Waals surface area contributed by atoms with Crippen LogP contribution in [0.1, 0.15) is 25.6 Å². The molecular formula is C23H25F2N9O. The number of carbonyl (C=O) groups excluding carboxylic acids is 1. The van der Waals surface area contributed by atoms with Crippen LogP contribution in [0, 0.1) is 18.8 Å². The van der Waals surface area contributed by atoms with E-state index in [9.17, 15) is 13.6 Å². The SMILES string of the molecule is CC(=O)N1C[C@H]2CC(Nc3ncc4c(-c5cnc6nc(C)n(CC(F)F)c6n5)ccn4n3)C[C@H]2C1. The zero-order chi connectivity index (χ0) is 24.3. The Balaban J connectivity index is 1.23. The maximum absolute atomic E-state index is 13.0. The topological polar surface area (TPSA) is 106 Å². The molecule has 1 saturated carbocycles. The molecule has 35 heavy (non-hydrogen) atoms. The Morgan fingerprint density at radius 2 is 1.94 bits per heavy atom. The van der Waals surface area contributed by atoms with E-state index in [-0.39, 0.29) is 11.9 Å². The van der Waals surface area contributed by atoms with Gasteiger partial charge in [0.25, 0.3) is 6.43 Å². The Bertz CT molecular complexity index is 1420. The minimum Gasteiger partial charge on any atom is -0.350 e. The second-order valence-electron chi connectivity index (χ2n) is 9.46. The number of anilines is 1.